The van der Waals surface area contributed by atoms with Crippen LogP contribution in [0.4, 0.5) is 0 Å². The maximum absolute atomic E-state index is 12.1. The smallest absolute Gasteiger partial charge is 0.221 e. The molecule has 0 radical (unpaired) electrons. The van der Waals surface area contributed by atoms with Gasteiger partial charge in [-0.3, -0.25) is 14.5 Å². The number of thioether (sulfide) groups is 1. The molecule has 2 heterocycles. The molecule has 0 fully saturated rings. The summed E-state index contributed by atoms with van der Waals surface area (Å²) in [7, 11) is 0. The molecule has 1 aromatic carbocycles. The number of nitrogens with zero attached hydrogens (tertiary/aromatic N) is 2. The Kier molecular flexibility index (Phi) is 7.25. The minimum Gasteiger partial charge on any atom is -0.355 e. The van der Waals surface area contributed by atoms with E-state index in [0.29, 0.717) is 24.3 Å². The van der Waals surface area contributed by atoms with Crippen molar-refractivity contribution in [1.29, 1.82) is 0 Å². The summed E-state index contributed by atoms with van der Waals surface area (Å²) in [4.78, 5) is 13.5. The van der Waals surface area contributed by atoms with Crippen LogP contribution in [0.25, 0.3) is 11.4 Å². The van der Waals surface area contributed by atoms with Crippen LogP contribution >= 0.6 is 35.3 Å². The molecular formula is C19H22N4OS3. The molecular weight excluding hydrogens is 396 g/mol. The molecule has 0 aliphatic rings. The van der Waals surface area contributed by atoms with Gasteiger partial charge in [0, 0.05) is 41.5 Å². The highest BCUT2D eigenvalue weighted by Crippen LogP contribution is 2.19. The highest BCUT2D eigenvalue weighted by molar-refractivity contribution is 7.98. The standard InChI is InChI=1S/C19H22N4OS3/c1-14-4-2-5-15(12-14)18-21-22-19(25)23(18)9-7-17(24)20-8-11-26-13-16-6-3-10-27-16/h2-6,10,12H,7-9,11,13H2,1H3,(H,20,24)(H,22,25). The molecule has 0 aliphatic heterocycles. The number of hydrogen-bond donors (Lipinski definition) is 2. The van der Waals surface area contributed by atoms with E-state index in [1.54, 1.807) is 11.3 Å². The summed E-state index contributed by atoms with van der Waals surface area (Å²) in [5.74, 6) is 2.70. The van der Waals surface area contributed by atoms with E-state index < -0.39 is 0 Å². The van der Waals surface area contributed by atoms with Crippen molar-refractivity contribution in [3.8, 4) is 11.4 Å². The Morgan fingerprint density at radius 3 is 3.04 bits per heavy atom. The Labute approximate surface area is 172 Å². The van der Waals surface area contributed by atoms with E-state index in [-0.39, 0.29) is 5.91 Å². The number of aromatic nitrogens is 3. The summed E-state index contributed by atoms with van der Waals surface area (Å²) in [6, 6.07) is 12.3. The zero-order valence-electron chi connectivity index (χ0n) is 15.1. The fourth-order valence-corrected chi connectivity index (χ4v) is 4.58. The van der Waals surface area contributed by atoms with Gasteiger partial charge in [-0.05, 0) is 36.7 Å². The van der Waals surface area contributed by atoms with Gasteiger partial charge >= 0.3 is 0 Å². The van der Waals surface area contributed by atoms with Gasteiger partial charge in [-0.25, -0.2) is 0 Å². The summed E-state index contributed by atoms with van der Waals surface area (Å²) in [6.07, 6.45) is 0.377. The van der Waals surface area contributed by atoms with Gasteiger partial charge in [-0.15, -0.1) is 11.3 Å². The lowest BCUT2D eigenvalue weighted by Gasteiger charge is -2.08. The third-order valence-corrected chi connectivity index (χ3v) is 6.37. The number of H-pyrrole nitrogens is 1. The van der Waals surface area contributed by atoms with Crippen molar-refractivity contribution in [2.75, 3.05) is 12.3 Å². The van der Waals surface area contributed by atoms with Crippen LogP contribution < -0.4 is 5.32 Å². The number of carbonyl (C=O) groups excluding carboxylic acids is 1. The normalized spacial score (nSPS) is 10.9. The molecule has 0 saturated carbocycles. The second-order valence-electron chi connectivity index (χ2n) is 6.11. The Hall–Kier alpha value is -1.90. The first kappa shape index (κ1) is 19.9. The van der Waals surface area contributed by atoms with E-state index in [4.69, 9.17) is 12.2 Å². The van der Waals surface area contributed by atoms with Crippen LogP contribution in [0.1, 0.15) is 16.9 Å². The SMILES string of the molecule is Cc1cccc(-c2n[nH]c(=S)n2CCC(=O)NCCSCc2cccs2)c1. The van der Waals surface area contributed by atoms with E-state index in [1.165, 1.54) is 4.88 Å². The second-order valence-corrected chi connectivity index (χ2v) is 8.63. The van der Waals surface area contributed by atoms with E-state index in [9.17, 15) is 4.79 Å². The highest BCUT2D eigenvalue weighted by Gasteiger charge is 2.10. The number of carbonyl (C=O) groups is 1. The lowest BCUT2D eigenvalue weighted by molar-refractivity contribution is -0.121. The fraction of sp³-hybridized carbons (Fsp3) is 0.316. The maximum Gasteiger partial charge on any atom is 0.221 e. The first-order valence-corrected chi connectivity index (χ1v) is 11.2. The predicted octanol–water partition coefficient (Wildman–Crippen LogP) is 4.42. The van der Waals surface area contributed by atoms with E-state index in [0.717, 1.165) is 28.5 Å². The van der Waals surface area contributed by atoms with E-state index >= 15 is 0 Å². The van der Waals surface area contributed by atoms with Crippen LogP contribution in [0.15, 0.2) is 41.8 Å². The average Bonchev–Trinajstić information content (AvgIpc) is 3.29. The van der Waals surface area contributed by atoms with Crippen LogP contribution in [-0.2, 0) is 17.1 Å². The summed E-state index contributed by atoms with van der Waals surface area (Å²) in [5, 5.41) is 12.2. The number of rotatable bonds is 9. The zero-order chi connectivity index (χ0) is 19.1. The number of aryl methyl sites for hydroxylation is 1. The van der Waals surface area contributed by atoms with Crippen molar-refractivity contribution in [3.63, 3.8) is 0 Å². The number of aromatic amines is 1. The van der Waals surface area contributed by atoms with E-state index in [2.05, 4.69) is 39.1 Å². The second kappa shape index (κ2) is 9.87. The minimum absolute atomic E-state index is 0.0324. The molecule has 2 N–H and O–H groups in total. The minimum atomic E-state index is 0.0324. The molecule has 2 aromatic heterocycles. The van der Waals surface area contributed by atoms with Gasteiger partial charge in [0.15, 0.2) is 10.6 Å². The molecule has 3 rings (SSSR count). The fourth-order valence-electron chi connectivity index (χ4n) is 2.66. The van der Waals surface area contributed by atoms with Gasteiger partial charge in [0.2, 0.25) is 5.91 Å². The molecule has 27 heavy (non-hydrogen) atoms. The van der Waals surface area contributed by atoms with Crippen LogP contribution in [-0.4, -0.2) is 33.0 Å². The van der Waals surface area contributed by atoms with Gasteiger partial charge in [-0.2, -0.15) is 16.9 Å². The first-order chi connectivity index (χ1) is 13.1. The van der Waals surface area contributed by atoms with Crippen molar-refractivity contribution < 1.29 is 4.79 Å². The van der Waals surface area contributed by atoms with Gasteiger partial charge in [-0.1, -0.05) is 29.8 Å². The third-order valence-electron chi connectivity index (χ3n) is 3.99. The van der Waals surface area contributed by atoms with Gasteiger partial charge in [0.1, 0.15) is 0 Å². The monoisotopic (exact) mass is 418 g/mol. The Morgan fingerprint density at radius 2 is 2.26 bits per heavy atom. The van der Waals surface area contributed by atoms with Gasteiger partial charge in [0.25, 0.3) is 0 Å². The highest BCUT2D eigenvalue weighted by atomic mass is 32.2. The van der Waals surface area contributed by atoms with Gasteiger partial charge in [0.05, 0.1) is 0 Å². The summed E-state index contributed by atoms with van der Waals surface area (Å²) in [5.41, 5.74) is 2.15. The van der Waals surface area contributed by atoms with Crippen molar-refractivity contribution in [2.24, 2.45) is 0 Å². The van der Waals surface area contributed by atoms with Crippen LogP contribution in [0.5, 0.6) is 0 Å². The van der Waals surface area contributed by atoms with Crippen molar-refractivity contribution in [1.82, 2.24) is 20.1 Å². The number of thiophene rings is 1. The Bertz CT molecular complexity index is 931. The van der Waals surface area contributed by atoms with Crippen LogP contribution in [0.2, 0.25) is 0 Å². The maximum atomic E-state index is 12.1. The third kappa shape index (κ3) is 5.79. The molecule has 0 unspecified atom stereocenters. The summed E-state index contributed by atoms with van der Waals surface area (Å²) >= 11 is 8.93. The Morgan fingerprint density at radius 1 is 1.37 bits per heavy atom. The van der Waals surface area contributed by atoms with Gasteiger partial charge < -0.3 is 5.32 Å². The zero-order valence-corrected chi connectivity index (χ0v) is 17.6. The lowest BCUT2D eigenvalue weighted by Crippen LogP contribution is -2.26. The Balaban J connectivity index is 1.46. The molecule has 1 amide bonds. The topological polar surface area (TPSA) is 62.7 Å². The van der Waals surface area contributed by atoms with Crippen molar-refractivity contribution in [3.05, 3.63) is 57.0 Å². The molecule has 142 valence electrons. The van der Waals surface area contributed by atoms with E-state index in [1.807, 2.05) is 41.5 Å². The first-order valence-electron chi connectivity index (χ1n) is 8.72. The number of hydrogen-bond acceptors (Lipinski definition) is 5. The lowest BCUT2D eigenvalue weighted by atomic mass is 10.1. The number of nitrogens with one attached hydrogen (secondary N) is 2. The quantitative estimate of drug-likeness (QED) is 0.399. The molecule has 0 aliphatic carbocycles. The number of benzene rings is 1. The number of amides is 1. The summed E-state index contributed by atoms with van der Waals surface area (Å²) in [6.45, 7) is 3.22. The largest absolute Gasteiger partial charge is 0.355 e. The molecule has 0 atom stereocenters. The predicted molar refractivity (Wildman–Crippen MR) is 116 cm³/mol. The molecule has 0 spiro atoms. The summed E-state index contributed by atoms with van der Waals surface area (Å²) < 4.78 is 2.42. The van der Waals surface area contributed by atoms with Crippen molar-refractivity contribution >= 4 is 41.2 Å². The van der Waals surface area contributed by atoms with Crippen LogP contribution in [0.3, 0.4) is 0 Å². The molecule has 0 bridgehead atoms. The van der Waals surface area contributed by atoms with Crippen LogP contribution in [0, 0.1) is 11.7 Å². The molecule has 8 heteroatoms. The molecule has 3 aromatic rings. The average molecular weight is 419 g/mol. The van der Waals surface area contributed by atoms with Crippen molar-refractivity contribution in [2.45, 2.75) is 25.6 Å². The molecule has 5 nitrogen and oxygen atoms in total. The molecule has 0 saturated heterocycles.